The summed E-state index contributed by atoms with van der Waals surface area (Å²) in [5, 5.41) is 2.77. The molecular weight excluding hydrogens is 240 g/mol. The van der Waals surface area contributed by atoms with Gasteiger partial charge in [0.1, 0.15) is 0 Å². The van der Waals surface area contributed by atoms with E-state index in [0.29, 0.717) is 0 Å². The van der Waals surface area contributed by atoms with E-state index < -0.39 is 0 Å². The third-order valence-corrected chi connectivity index (χ3v) is 3.51. The van der Waals surface area contributed by atoms with Gasteiger partial charge >= 0.3 is 0 Å². The third kappa shape index (κ3) is 3.68. The molecule has 0 saturated carbocycles. The predicted octanol–water partition coefficient (Wildman–Crippen LogP) is 0.726. The van der Waals surface area contributed by atoms with Crippen LogP contribution in [-0.4, -0.2) is 50.6 Å². The summed E-state index contributed by atoms with van der Waals surface area (Å²) in [7, 11) is 0. The van der Waals surface area contributed by atoms with E-state index in [0.717, 1.165) is 63.5 Å². The van der Waals surface area contributed by atoms with Crippen LogP contribution in [0, 0.1) is 0 Å². The van der Waals surface area contributed by atoms with Crippen molar-refractivity contribution in [3.8, 4) is 0 Å². The standard InChI is InChI=1S/C14H22N4O/c15-6-3-7-17-8-10-18(11-9-17)14-5-2-1-4-13(14)16-12-19/h1-2,4-5,12H,3,6-11,15H2,(H,16,19). The van der Waals surface area contributed by atoms with Gasteiger partial charge in [-0.2, -0.15) is 0 Å². The van der Waals surface area contributed by atoms with Crippen LogP contribution in [0.1, 0.15) is 6.42 Å². The zero-order valence-corrected chi connectivity index (χ0v) is 11.2. The molecule has 0 spiro atoms. The minimum absolute atomic E-state index is 0.732. The highest BCUT2D eigenvalue weighted by Gasteiger charge is 2.18. The monoisotopic (exact) mass is 262 g/mol. The van der Waals surface area contributed by atoms with Crippen molar-refractivity contribution < 1.29 is 4.79 Å². The maximum absolute atomic E-state index is 10.6. The lowest BCUT2D eigenvalue weighted by molar-refractivity contribution is -0.105. The Morgan fingerprint density at radius 1 is 1.21 bits per heavy atom. The van der Waals surface area contributed by atoms with E-state index in [-0.39, 0.29) is 0 Å². The van der Waals surface area contributed by atoms with E-state index in [1.807, 2.05) is 18.2 Å². The number of hydrogen-bond acceptors (Lipinski definition) is 4. The Kier molecular flexibility index (Phi) is 5.18. The molecule has 1 fully saturated rings. The molecule has 3 N–H and O–H groups in total. The van der Waals surface area contributed by atoms with Crippen molar-refractivity contribution in [1.82, 2.24) is 4.90 Å². The Labute approximate surface area is 114 Å². The molecule has 1 aliphatic heterocycles. The maximum Gasteiger partial charge on any atom is 0.211 e. The number of amides is 1. The first-order chi connectivity index (χ1) is 9.35. The summed E-state index contributed by atoms with van der Waals surface area (Å²) in [6.45, 7) is 5.92. The molecular formula is C14H22N4O. The van der Waals surface area contributed by atoms with Crippen molar-refractivity contribution in [2.75, 3.05) is 49.5 Å². The minimum atomic E-state index is 0.732. The van der Waals surface area contributed by atoms with E-state index in [2.05, 4.69) is 21.2 Å². The highest BCUT2D eigenvalue weighted by atomic mass is 16.1. The number of nitrogens with zero attached hydrogens (tertiary/aromatic N) is 2. The molecule has 2 rings (SSSR count). The Morgan fingerprint density at radius 3 is 2.63 bits per heavy atom. The van der Waals surface area contributed by atoms with E-state index in [9.17, 15) is 4.79 Å². The summed E-state index contributed by atoms with van der Waals surface area (Å²) in [5.74, 6) is 0. The Morgan fingerprint density at radius 2 is 1.95 bits per heavy atom. The van der Waals surface area contributed by atoms with Crippen molar-refractivity contribution in [3.63, 3.8) is 0 Å². The molecule has 1 aromatic rings. The first kappa shape index (κ1) is 13.8. The van der Waals surface area contributed by atoms with Crippen molar-refractivity contribution in [3.05, 3.63) is 24.3 Å². The Balaban J connectivity index is 1.95. The molecule has 0 unspecified atom stereocenters. The summed E-state index contributed by atoms with van der Waals surface area (Å²) >= 11 is 0. The summed E-state index contributed by atoms with van der Waals surface area (Å²) in [4.78, 5) is 15.4. The van der Waals surface area contributed by atoms with Gasteiger partial charge in [-0.3, -0.25) is 9.69 Å². The van der Waals surface area contributed by atoms with Crippen LogP contribution < -0.4 is 16.0 Å². The lowest BCUT2D eigenvalue weighted by Crippen LogP contribution is -2.47. The molecule has 0 aromatic heterocycles. The molecule has 5 nitrogen and oxygen atoms in total. The quantitative estimate of drug-likeness (QED) is 0.742. The van der Waals surface area contributed by atoms with Gasteiger partial charge in [-0.1, -0.05) is 12.1 Å². The van der Waals surface area contributed by atoms with Crippen LogP contribution in [0.3, 0.4) is 0 Å². The number of carbonyl (C=O) groups is 1. The molecule has 0 bridgehead atoms. The zero-order valence-electron chi connectivity index (χ0n) is 11.2. The van der Waals surface area contributed by atoms with Crippen molar-refractivity contribution in [2.45, 2.75) is 6.42 Å². The van der Waals surface area contributed by atoms with Crippen LogP contribution in [0.25, 0.3) is 0 Å². The number of rotatable bonds is 6. The van der Waals surface area contributed by atoms with Crippen molar-refractivity contribution in [2.24, 2.45) is 5.73 Å². The summed E-state index contributed by atoms with van der Waals surface area (Å²) in [5.41, 5.74) is 7.53. The van der Waals surface area contributed by atoms with Gasteiger partial charge in [0.2, 0.25) is 6.41 Å². The maximum atomic E-state index is 10.6. The second kappa shape index (κ2) is 7.11. The molecule has 1 aromatic carbocycles. The minimum Gasteiger partial charge on any atom is -0.367 e. The summed E-state index contributed by atoms with van der Waals surface area (Å²) in [6.07, 6.45) is 1.79. The second-order valence-corrected chi connectivity index (χ2v) is 4.75. The van der Waals surface area contributed by atoms with Crippen LogP contribution in [0.4, 0.5) is 11.4 Å². The fourth-order valence-electron chi connectivity index (χ4n) is 2.46. The van der Waals surface area contributed by atoms with Crippen LogP contribution >= 0.6 is 0 Å². The van der Waals surface area contributed by atoms with E-state index in [4.69, 9.17) is 5.73 Å². The number of anilines is 2. The average molecular weight is 262 g/mol. The van der Waals surface area contributed by atoms with Gasteiger partial charge < -0.3 is 16.0 Å². The van der Waals surface area contributed by atoms with E-state index >= 15 is 0 Å². The Hall–Kier alpha value is -1.59. The van der Waals surface area contributed by atoms with Crippen LogP contribution in [0.15, 0.2) is 24.3 Å². The van der Waals surface area contributed by atoms with Crippen molar-refractivity contribution >= 4 is 17.8 Å². The first-order valence-corrected chi connectivity index (χ1v) is 6.81. The average Bonchev–Trinajstić information content (AvgIpc) is 2.47. The fourth-order valence-corrected chi connectivity index (χ4v) is 2.46. The molecule has 1 aliphatic rings. The highest BCUT2D eigenvalue weighted by Crippen LogP contribution is 2.25. The number of benzene rings is 1. The molecule has 5 heteroatoms. The number of carbonyl (C=O) groups excluding carboxylic acids is 1. The van der Waals surface area contributed by atoms with E-state index in [1.54, 1.807) is 0 Å². The SMILES string of the molecule is NCCCN1CCN(c2ccccc2NC=O)CC1. The zero-order chi connectivity index (χ0) is 13.5. The van der Waals surface area contributed by atoms with Crippen LogP contribution in [0.5, 0.6) is 0 Å². The molecule has 0 aliphatic carbocycles. The smallest absolute Gasteiger partial charge is 0.211 e. The highest BCUT2D eigenvalue weighted by molar-refractivity contribution is 5.81. The lowest BCUT2D eigenvalue weighted by Gasteiger charge is -2.36. The third-order valence-electron chi connectivity index (χ3n) is 3.51. The summed E-state index contributed by atoms with van der Waals surface area (Å²) in [6, 6.07) is 7.94. The van der Waals surface area contributed by atoms with Gasteiger partial charge in [0.15, 0.2) is 0 Å². The van der Waals surface area contributed by atoms with Crippen molar-refractivity contribution in [1.29, 1.82) is 0 Å². The molecule has 104 valence electrons. The number of piperazine rings is 1. The molecule has 1 amide bonds. The number of nitrogens with one attached hydrogen (secondary N) is 1. The number of para-hydroxylation sites is 2. The number of hydrogen-bond donors (Lipinski definition) is 2. The second-order valence-electron chi connectivity index (χ2n) is 4.75. The van der Waals surface area contributed by atoms with Gasteiger partial charge in [0, 0.05) is 26.2 Å². The molecule has 19 heavy (non-hydrogen) atoms. The largest absolute Gasteiger partial charge is 0.367 e. The summed E-state index contributed by atoms with van der Waals surface area (Å²) < 4.78 is 0. The molecule has 0 radical (unpaired) electrons. The first-order valence-electron chi connectivity index (χ1n) is 6.81. The predicted molar refractivity (Wildman–Crippen MR) is 78.5 cm³/mol. The van der Waals surface area contributed by atoms with Crippen LogP contribution in [-0.2, 0) is 4.79 Å². The van der Waals surface area contributed by atoms with Gasteiger partial charge in [-0.05, 0) is 31.6 Å². The number of nitrogens with two attached hydrogens (primary N) is 1. The molecule has 1 saturated heterocycles. The fraction of sp³-hybridized carbons (Fsp3) is 0.500. The van der Waals surface area contributed by atoms with Gasteiger partial charge in [0.25, 0.3) is 0 Å². The van der Waals surface area contributed by atoms with Gasteiger partial charge in [-0.15, -0.1) is 0 Å². The van der Waals surface area contributed by atoms with Gasteiger partial charge in [-0.25, -0.2) is 0 Å². The Bertz CT molecular complexity index is 402. The molecule has 1 heterocycles. The lowest BCUT2D eigenvalue weighted by atomic mass is 10.2. The topological polar surface area (TPSA) is 61.6 Å². The van der Waals surface area contributed by atoms with E-state index in [1.165, 1.54) is 0 Å². The molecule has 0 atom stereocenters. The normalized spacial score (nSPS) is 16.4. The van der Waals surface area contributed by atoms with Crippen LogP contribution in [0.2, 0.25) is 0 Å². The van der Waals surface area contributed by atoms with Gasteiger partial charge in [0.05, 0.1) is 11.4 Å².